The zero-order chi connectivity index (χ0) is 28.6. The number of nitrogens with zero attached hydrogens (tertiary/aromatic N) is 2. The van der Waals surface area contributed by atoms with Gasteiger partial charge in [-0.25, -0.2) is 0 Å². The molecule has 3 N–H and O–H groups in total. The fourth-order valence-electron chi connectivity index (χ4n) is 4.26. The van der Waals surface area contributed by atoms with Crippen molar-refractivity contribution in [3.8, 4) is 0 Å². The number of carbonyl (C=O) groups is 4. The highest BCUT2D eigenvalue weighted by molar-refractivity contribution is 5.94. The molecule has 0 bridgehead atoms. The fraction of sp³-hybridized carbons (Fsp3) is 0.400. The molecule has 39 heavy (non-hydrogen) atoms. The summed E-state index contributed by atoms with van der Waals surface area (Å²) in [5, 5.41) is 8.30. The summed E-state index contributed by atoms with van der Waals surface area (Å²) in [5.41, 5.74) is 1.30. The molecule has 0 unspecified atom stereocenters. The molecule has 2 aromatic carbocycles. The number of rotatable bonds is 10. The van der Waals surface area contributed by atoms with Gasteiger partial charge in [0.2, 0.25) is 23.6 Å². The average molecular weight is 534 g/mol. The van der Waals surface area contributed by atoms with Gasteiger partial charge in [-0.05, 0) is 30.5 Å². The molecule has 0 aliphatic carbocycles. The van der Waals surface area contributed by atoms with Crippen molar-refractivity contribution in [3.63, 3.8) is 0 Å². The number of nitrogens with one attached hydrogen (secondary N) is 3. The lowest BCUT2D eigenvalue weighted by Gasteiger charge is -2.36. The lowest BCUT2D eigenvalue weighted by Crippen LogP contribution is -2.58. The molecule has 2 aromatic rings. The third-order valence-corrected chi connectivity index (χ3v) is 6.72. The molecule has 1 aliphatic heterocycles. The summed E-state index contributed by atoms with van der Waals surface area (Å²) in [7, 11) is 1.66. The summed E-state index contributed by atoms with van der Waals surface area (Å²) in [6, 6.07) is 17.1. The molecule has 0 saturated carbocycles. The molecule has 4 amide bonds. The molecule has 0 saturated heterocycles. The Kier molecular flexibility index (Phi) is 10.0. The second-order valence-electron chi connectivity index (χ2n) is 10.8. The van der Waals surface area contributed by atoms with Gasteiger partial charge in [0.05, 0.1) is 19.1 Å². The predicted molar refractivity (Wildman–Crippen MR) is 150 cm³/mol. The third kappa shape index (κ3) is 8.00. The molecular formula is C30H39N5O4. The van der Waals surface area contributed by atoms with E-state index in [1.807, 2.05) is 81.4 Å². The van der Waals surface area contributed by atoms with Crippen LogP contribution >= 0.6 is 0 Å². The summed E-state index contributed by atoms with van der Waals surface area (Å²) in [5.74, 6) is -1.41. The number of hydrogen-bond donors (Lipinski definition) is 3. The van der Waals surface area contributed by atoms with Gasteiger partial charge in [-0.15, -0.1) is 0 Å². The molecule has 208 valence electrons. The fourth-order valence-corrected chi connectivity index (χ4v) is 4.26. The zero-order valence-electron chi connectivity index (χ0n) is 23.3. The smallest absolute Gasteiger partial charge is 0.250 e. The van der Waals surface area contributed by atoms with E-state index in [1.54, 1.807) is 31.3 Å². The van der Waals surface area contributed by atoms with Crippen molar-refractivity contribution in [1.29, 1.82) is 0 Å². The van der Waals surface area contributed by atoms with Crippen LogP contribution < -0.4 is 16.0 Å². The Morgan fingerprint density at radius 2 is 1.49 bits per heavy atom. The standard InChI is InChI=1S/C30H39N5O4/c1-21(31-5)27(37)33-26(30(2,3)4)28(38)32-19-25(36)35-17-16-34(20-23-14-10-7-11-15-23)29(39)24(35)18-22-12-8-6-9-13-22/h6-17,21,24,26,31H,18-20H2,1-5H3,(H,32,38)(H,33,37)/t21-,24-,26+/m0/s1. The quantitative estimate of drug-likeness (QED) is 0.434. The highest BCUT2D eigenvalue weighted by atomic mass is 16.2. The van der Waals surface area contributed by atoms with Crippen molar-refractivity contribution in [2.45, 2.75) is 58.8 Å². The monoisotopic (exact) mass is 533 g/mol. The highest BCUT2D eigenvalue weighted by Crippen LogP contribution is 2.21. The highest BCUT2D eigenvalue weighted by Gasteiger charge is 2.37. The first-order valence-corrected chi connectivity index (χ1v) is 13.1. The van der Waals surface area contributed by atoms with Crippen molar-refractivity contribution in [2.75, 3.05) is 13.6 Å². The zero-order valence-corrected chi connectivity index (χ0v) is 23.3. The van der Waals surface area contributed by atoms with Gasteiger partial charge in [-0.1, -0.05) is 81.4 Å². The third-order valence-electron chi connectivity index (χ3n) is 6.72. The maximum absolute atomic E-state index is 13.6. The maximum atomic E-state index is 13.6. The lowest BCUT2D eigenvalue weighted by atomic mass is 9.86. The summed E-state index contributed by atoms with van der Waals surface area (Å²) < 4.78 is 0. The van der Waals surface area contributed by atoms with Gasteiger partial charge in [0.15, 0.2) is 0 Å². The lowest BCUT2D eigenvalue weighted by molar-refractivity contribution is -0.144. The van der Waals surface area contributed by atoms with E-state index in [0.29, 0.717) is 13.0 Å². The van der Waals surface area contributed by atoms with Crippen LogP contribution in [-0.4, -0.2) is 65.1 Å². The van der Waals surface area contributed by atoms with Crippen LogP contribution in [0.3, 0.4) is 0 Å². The Balaban J connectivity index is 1.76. The van der Waals surface area contributed by atoms with Crippen molar-refractivity contribution in [3.05, 3.63) is 84.2 Å². The van der Waals surface area contributed by atoms with E-state index in [9.17, 15) is 19.2 Å². The van der Waals surface area contributed by atoms with E-state index in [4.69, 9.17) is 0 Å². The van der Waals surface area contributed by atoms with Gasteiger partial charge in [0.1, 0.15) is 12.1 Å². The van der Waals surface area contributed by atoms with Crippen LogP contribution in [0.5, 0.6) is 0 Å². The van der Waals surface area contributed by atoms with E-state index in [2.05, 4.69) is 16.0 Å². The number of benzene rings is 2. The van der Waals surface area contributed by atoms with Gasteiger partial charge in [0.25, 0.3) is 0 Å². The van der Waals surface area contributed by atoms with E-state index < -0.39 is 35.4 Å². The van der Waals surface area contributed by atoms with Crippen LogP contribution in [-0.2, 0) is 32.1 Å². The first-order valence-electron chi connectivity index (χ1n) is 13.1. The van der Waals surface area contributed by atoms with Crippen molar-refractivity contribution < 1.29 is 19.2 Å². The van der Waals surface area contributed by atoms with Gasteiger partial charge in [-0.3, -0.25) is 19.2 Å². The molecule has 1 aliphatic rings. The van der Waals surface area contributed by atoms with Crippen LogP contribution in [0.15, 0.2) is 73.1 Å². The first kappa shape index (κ1) is 29.6. The summed E-state index contributed by atoms with van der Waals surface area (Å²) in [4.78, 5) is 55.5. The van der Waals surface area contributed by atoms with E-state index in [-0.39, 0.29) is 18.4 Å². The van der Waals surface area contributed by atoms with Gasteiger partial charge < -0.3 is 25.8 Å². The van der Waals surface area contributed by atoms with Crippen LogP contribution in [0, 0.1) is 5.41 Å². The van der Waals surface area contributed by atoms with E-state index in [0.717, 1.165) is 11.1 Å². The van der Waals surface area contributed by atoms with Crippen LogP contribution in [0.25, 0.3) is 0 Å². The Hall–Kier alpha value is -3.98. The van der Waals surface area contributed by atoms with E-state index >= 15 is 0 Å². The van der Waals surface area contributed by atoms with Gasteiger partial charge in [-0.2, -0.15) is 0 Å². The molecule has 0 fully saturated rings. The van der Waals surface area contributed by atoms with Gasteiger partial charge >= 0.3 is 0 Å². The Morgan fingerprint density at radius 3 is 2.05 bits per heavy atom. The minimum Gasteiger partial charge on any atom is -0.345 e. The summed E-state index contributed by atoms with van der Waals surface area (Å²) >= 11 is 0. The Bertz CT molecular complexity index is 1180. The van der Waals surface area contributed by atoms with Crippen LogP contribution in [0.2, 0.25) is 0 Å². The molecule has 3 rings (SSSR count). The van der Waals surface area contributed by atoms with E-state index in [1.165, 1.54) is 4.90 Å². The SMILES string of the molecule is CN[C@@H](C)C(=O)N[C@H](C(=O)NCC(=O)N1C=CN(Cc2ccccc2)C(=O)[C@@H]1Cc1ccccc1)C(C)(C)C. The average Bonchev–Trinajstić information content (AvgIpc) is 2.92. The van der Waals surface area contributed by atoms with Crippen LogP contribution in [0.1, 0.15) is 38.8 Å². The normalized spacial score (nSPS) is 16.9. The Morgan fingerprint density at radius 1 is 0.897 bits per heavy atom. The van der Waals surface area contributed by atoms with Gasteiger partial charge in [0, 0.05) is 18.8 Å². The number of amides is 4. The van der Waals surface area contributed by atoms with Crippen LogP contribution in [0.4, 0.5) is 0 Å². The molecule has 0 radical (unpaired) electrons. The second kappa shape index (κ2) is 13.2. The Labute approximate surface area is 230 Å². The summed E-state index contributed by atoms with van der Waals surface area (Å²) in [6.45, 7) is 7.29. The maximum Gasteiger partial charge on any atom is 0.250 e. The number of hydrogen-bond acceptors (Lipinski definition) is 5. The number of likely N-dealkylation sites (N-methyl/N-ethyl adjacent to an activating group) is 1. The predicted octanol–water partition coefficient (Wildman–Crippen LogP) is 2.19. The van der Waals surface area contributed by atoms with Crippen molar-refractivity contribution in [2.24, 2.45) is 5.41 Å². The molecule has 1 heterocycles. The topological polar surface area (TPSA) is 111 Å². The largest absolute Gasteiger partial charge is 0.345 e. The molecule has 0 spiro atoms. The summed E-state index contributed by atoms with van der Waals surface area (Å²) in [6.07, 6.45) is 3.54. The van der Waals surface area contributed by atoms with Crippen molar-refractivity contribution in [1.82, 2.24) is 25.8 Å². The molecule has 9 heteroatoms. The second-order valence-corrected chi connectivity index (χ2v) is 10.8. The minimum atomic E-state index is -0.853. The van der Waals surface area contributed by atoms with Crippen molar-refractivity contribution >= 4 is 23.6 Å². The molecular weight excluding hydrogens is 494 g/mol. The molecule has 3 atom stereocenters. The first-order chi connectivity index (χ1) is 18.5. The molecule has 0 aromatic heterocycles. The minimum absolute atomic E-state index is 0.203. The molecule has 9 nitrogen and oxygen atoms in total. The number of carbonyl (C=O) groups excluding carboxylic acids is 4.